The van der Waals surface area contributed by atoms with Crippen LogP contribution in [-0.4, -0.2) is 21.3 Å². The number of H-pyrrole nitrogens is 1. The average Bonchev–Trinajstić information content (AvgIpc) is 2.75. The Balaban J connectivity index is 2.14. The number of anilines is 1. The molecular weight excluding hydrogens is 208 g/mol. The highest BCUT2D eigenvalue weighted by Gasteiger charge is 2.13. The largest absolute Gasteiger partial charge is 0.363 e. The first kappa shape index (κ1) is 8.76. The van der Waals surface area contributed by atoms with E-state index >= 15 is 0 Å². The number of carbonyl (C=O) groups excluding carboxylic acids is 1. The number of aromatic nitrogens is 3. The first-order chi connectivity index (χ1) is 6.77. The van der Waals surface area contributed by atoms with Crippen LogP contribution in [0.1, 0.15) is 10.5 Å². The van der Waals surface area contributed by atoms with E-state index in [0.29, 0.717) is 5.82 Å². The third kappa shape index (κ3) is 1.60. The summed E-state index contributed by atoms with van der Waals surface area (Å²) >= 11 is 5.68. The fraction of sp³-hybridized carbons (Fsp3) is 0. The molecule has 7 heteroatoms. The van der Waals surface area contributed by atoms with Gasteiger partial charge in [0.25, 0.3) is 5.91 Å². The lowest BCUT2D eigenvalue weighted by Crippen LogP contribution is -2.13. The van der Waals surface area contributed by atoms with Gasteiger partial charge in [-0.2, -0.15) is 5.10 Å². The van der Waals surface area contributed by atoms with Gasteiger partial charge in [-0.25, -0.2) is 0 Å². The smallest absolute Gasteiger partial charge is 0.276 e. The summed E-state index contributed by atoms with van der Waals surface area (Å²) in [5.41, 5.74) is 0.190. The normalized spacial score (nSPS) is 10.1. The van der Waals surface area contributed by atoms with Crippen molar-refractivity contribution in [3.63, 3.8) is 0 Å². The minimum absolute atomic E-state index is 0.190. The molecule has 0 saturated heterocycles. The molecule has 6 nitrogen and oxygen atoms in total. The Morgan fingerprint density at radius 1 is 1.64 bits per heavy atom. The first-order valence-corrected chi connectivity index (χ1v) is 4.06. The molecule has 0 fully saturated rings. The Morgan fingerprint density at radius 2 is 2.50 bits per heavy atom. The number of hydrogen-bond acceptors (Lipinski definition) is 4. The third-order valence-corrected chi connectivity index (χ3v) is 1.79. The van der Waals surface area contributed by atoms with Crippen LogP contribution in [0.5, 0.6) is 0 Å². The summed E-state index contributed by atoms with van der Waals surface area (Å²) in [6.07, 6.45) is 2.70. The van der Waals surface area contributed by atoms with E-state index in [2.05, 4.69) is 25.2 Å². The zero-order valence-corrected chi connectivity index (χ0v) is 7.58. The highest BCUT2D eigenvalue weighted by molar-refractivity contribution is 6.33. The van der Waals surface area contributed by atoms with Crippen LogP contribution in [0.25, 0.3) is 0 Å². The van der Waals surface area contributed by atoms with Crippen molar-refractivity contribution in [2.45, 2.75) is 0 Å². The van der Waals surface area contributed by atoms with Crippen LogP contribution < -0.4 is 5.32 Å². The lowest BCUT2D eigenvalue weighted by molar-refractivity contribution is 0.102. The van der Waals surface area contributed by atoms with Crippen LogP contribution >= 0.6 is 11.6 Å². The van der Waals surface area contributed by atoms with Crippen LogP contribution in [0, 0.1) is 0 Å². The number of nitrogens with zero attached hydrogens (tertiary/aromatic N) is 2. The Kier molecular flexibility index (Phi) is 2.19. The van der Waals surface area contributed by atoms with Gasteiger partial charge in [0, 0.05) is 6.07 Å². The summed E-state index contributed by atoms with van der Waals surface area (Å²) in [6, 6.07) is 1.52. The summed E-state index contributed by atoms with van der Waals surface area (Å²) in [5, 5.41) is 12.3. The van der Waals surface area contributed by atoms with Crippen LogP contribution in [0.3, 0.4) is 0 Å². The van der Waals surface area contributed by atoms with Gasteiger partial charge >= 0.3 is 0 Å². The topological polar surface area (TPSA) is 83.8 Å². The van der Waals surface area contributed by atoms with E-state index < -0.39 is 5.91 Å². The Labute approximate surface area is 83.2 Å². The number of amides is 1. The Morgan fingerprint density at radius 3 is 3.07 bits per heavy atom. The van der Waals surface area contributed by atoms with E-state index in [1.165, 1.54) is 18.5 Å². The van der Waals surface area contributed by atoms with Crippen molar-refractivity contribution < 1.29 is 9.32 Å². The second-order valence-electron chi connectivity index (χ2n) is 2.43. The number of aromatic amines is 1. The van der Waals surface area contributed by atoms with Crippen molar-refractivity contribution in [2.24, 2.45) is 0 Å². The van der Waals surface area contributed by atoms with Gasteiger partial charge in [0.05, 0.1) is 11.2 Å². The van der Waals surface area contributed by atoms with E-state index in [1.807, 2.05) is 0 Å². The molecule has 2 N–H and O–H groups in total. The second-order valence-corrected chi connectivity index (χ2v) is 2.84. The van der Waals surface area contributed by atoms with Crippen LogP contribution in [-0.2, 0) is 0 Å². The van der Waals surface area contributed by atoms with Crippen molar-refractivity contribution in [2.75, 3.05) is 5.32 Å². The van der Waals surface area contributed by atoms with E-state index in [0.717, 1.165) is 0 Å². The van der Waals surface area contributed by atoms with Crippen molar-refractivity contribution in [1.29, 1.82) is 0 Å². The molecule has 2 rings (SSSR count). The molecule has 0 aliphatic carbocycles. The summed E-state index contributed by atoms with van der Waals surface area (Å²) in [6.45, 7) is 0. The lowest BCUT2D eigenvalue weighted by atomic mass is 10.4. The van der Waals surface area contributed by atoms with Crippen molar-refractivity contribution in [1.82, 2.24) is 15.4 Å². The molecule has 0 spiro atoms. The molecule has 14 heavy (non-hydrogen) atoms. The molecule has 0 saturated carbocycles. The molecule has 0 aromatic carbocycles. The molecule has 2 heterocycles. The molecule has 0 atom stereocenters. The van der Waals surface area contributed by atoms with E-state index in [9.17, 15) is 4.79 Å². The monoisotopic (exact) mass is 212 g/mol. The Hall–Kier alpha value is -1.82. The highest BCUT2D eigenvalue weighted by Crippen LogP contribution is 2.13. The van der Waals surface area contributed by atoms with Gasteiger partial charge in [0.15, 0.2) is 5.82 Å². The van der Waals surface area contributed by atoms with Gasteiger partial charge in [-0.1, -0.05) is 16.8 Å². The van der Waals surface area contributed by atoms with Crippen LogP contribution in [0.4, 0.5) is 5.82 Å². The molecular formula is C7H5ClN4O2. The predicted molar refractivity (Wildman–Crippen MR) is 48.1 cm³/mol. The minimum Gasteiger partial charge on any atom is -0.363 e. The minimum atomic E-state index is -0.415. The summed E-state index contributed by atoms with van der Waals surface area (Å²) in [5.74, 6) is -0.0953. The highest BCUT2D eigenvalue weighted by atomic mass is 35.5. The van der Waals surface area contributed by atoms with Gasteiger partial charge in [-0.05, 0) is 0 Å². The molecule has 0 radical (unpaired) electrons. The van der Waals surface area contributed by atoms with Crippen molar-refractivity contribution in [3.05, 3.63) is 29.2 Å². The SMILES string of the molecule is O=C(Nc1ccon1)c1[nH]ncc1Cl. The quantitative estimate of drug-likeness (QED) is 0.786. The fourth-order valence-corrected chi connectivity index (χ4v) is 1.06. The van der Waals surface area contributed by atoms with E-state index in [-0.39, 0.29) is 10.7 Å². The standard InChI is InChI=1S/C7H5ClN4O2/c8-4-3-9-11-6(4)7(13)10-5-1-2-14-12-5/h1-3H,(H,9,11)(H,10,12,13). The molecule has 1 amide bonds. The second kappa shape index (κ2) is 3.51. The molecule has 2 aromatic rings. The fourth-order valence-electron chi connectivity index (χ4n) is 0.887. The molecule has 0 aliphatic rings. The number of hydrogen-bond donors (Lipinski definition) is 2. The number of rotatable bonds is 2. The zero-order valence-electron chi connectivity index (χ0n) is 6.82. The van der Waals surface area contributed by atoms with Crippen molar-refractivity contribution in [3.8, 4) is 0 Å². The maximum atomic E-state index is 11.4. The van der Waals surface area contributed by atoms with Crippen LogP contribution in [0.2, 0.25) is 5.02 Å². The summed E-state index contributed by atoms with van der Waals surface area (Å²) in [7, 11) is 0. The molecule has 0 aliphatic heterocycles. The number of nitrogens with one attached hydrogen (secondary N) is 2. The molecule has 72 valence electrons. The number of halogens is 1. The van der Waals surface area contributed by atoms with Gasteiger partial charge in [0.1, 0.15) is 12.0 Å². The van der Waals surface area contributed by atoms with Gasteiger partial charge in [-0.15, -0.1) is 0 Å². The average molecular weight is 213 g/mol. The molecule has 2 aromatic heterocycles. The predicted octanol–water partition coefficient (Wildman–Crippen LogP) is 1.30. The third-order valence-electron chi connectivity index (χ3n) is 1.50. The number of carbonyl (C=O) groups is 1. The van der Waals surface area contributed by atoms with Gasteiger partial charge in [-0.3, -0.25) is 9.89 Å². The van der Waals surface area contributed by atoms with Gasteiger partial charge in [0.2, 0.25) is 0 Å². The molecule has 0 bridgehead atoms. The van der Waals surface area contributed by atoms with E-state index in [1.54, 1.807) is 0 Å². The van der Waals surface area contributed by atoms with E-state index in [4.69, 9.17) is 11.6 Å². The first-order valence-electron chi connectivity index (χ1n) is 3.68. The summed E-state index contributed by atoms with van der Waals surface area (Å²) in [4.78, 5) is 11.4. The maximum absolute atomic E-state index is 11.4. The maximum Gasteiger partial charge on any atom is 0.276 e. The Bertz CT molecular complexity index is 436. The van der Waals surface area contributed by atoms with Crippen molar-refractivity contribution >= 4 is 23.3 Å². The zero-order chi connectivity index (χ0) is 9.97. The van der Waals surface area contributed by atoms with Crippen LogP contribution in [0.15, 0.2) is 23.0 Å². The lowest BCUT2D eigenvalue weighted by Gasteiger charge is -1.97. The molecule has 0 unspecified atom stereocenters. The summed E-state index contributed by atoms with van der Waals surface area (Å²) < 4.78 is 4.54. The van der Waals surface area contributed by atoms with Gasteiger partial charge < -0.3 is 9.84 Å².